The highest BCUT2D eigenvalue weighted by Gasteiger charge is 2.15. The molecule has 0 aromatic heterocycles. The van der Waals surface area contributed by atoms with Crippen molar-refractivity contribution in [2.24, 2.45) is 0 Å². The number of nitriles is 4. The van der Waals surface area contributed by atoms with Crippen LogP contribution in [-0.4, -0.2) is 5.25 Å². The van der Waals surface area contributed by atoms with Crippen molar-refractivity contribution in [3.05, 3.63) is 40.9 Å². The zero-order valence-electron chi connectivity index (χ0n) is 9.66. The van der Waals surface area contributed by atoms with Crippen LogP contribution in [-0.2, 0) is 0 Å². The number of para-hydroxylation sites is 1. The molecule has 0 spiro atoms. The normalized spacial score (nSPS) is 8.47. The molecule has 0 saturated heterocycles. The van der Waals surface area contributed by atoms with Gasteiger partial charge in [0.25, 0.3) is 0 Å². The van der Waals surface area contributed by atoms with Crippen LogP contribution in [0, 0.1) is 45.3 Å². The van der Waals surface area contributed by atoms with Crippen molar-refractivity contribution in [1.29, 1.82) is 21.0 Å². The fourth-order valence-corrected chi connectivity index (χ4v) is 1.86. The second-order valence-corrected chi connectivity index (χ2v) is 4.29. The minimum absolute atomic E-state index is 0.163. The molecule has 0 fully saturated rings. The van der Waals surface area contributed by atoms with Crippen LogP contribution >= 0.6 is 11.8 Å². The summed E-state index contributed by atoms with van der Waals surface area (Å²) in [7, 11) is 0. The molecule has 1 rings (SSSR count). The molecule has 6 heteroatoms. The Morgan fingerprint density at radius 1 is 1.00 bits per heavy atom. The average Bonchev–Trinajstić information content (AvgIpc) is 2.46. The molecule has 19 heavy (non-hydrogen) atoms. The van der Waals surface area contributed by atoms with Crippen LogP contribution in [0.25, 0.3) is 0 Å². The smallest absolute Gasteiger partial charge is 0.184 e. The van der Waals surface area contributed by atoms with Crippen LogP contribution < -0.4 is 5.32 Å². The maximum Gasteiger partial charge on any atom is 0.184 e. The van der Waals surface area contributed by atoms with Crippen molar-refractivity contribution < 1.29 is 0 Å². The molecule has 0 heterocycles. The Bertz CT molecular complexity index is 607. The average molecular weight is 265 g/mol. The van der Waals surface area contributed by atoms with Gasteiger partial charge in [0.15, 0.2) is 10.8 Å². The number of nitrogens with zero attached hydrogens (tertiary/aromatic N) is 4. The summed E-state index contributed by atoms with van der Waals surface area (Å²) < 4.78 is 0. The van der Waals surface area contributed by atoms with Crippen molar-refractivity contribution in [2.75, 3.05) is 5.32 Å². The quantitative estimate of drug-likeness (QED) is 0.838. The van der Waals surface area contributed by atoms with Crippen molar-refractivity contribution >= 4 is 17.4 Å². The Hall–Kier alpha value is -2.93. The third kappa shape index (κ3) is 4.10. The SMILES string of the molecule is N#CC(C#N)=C(Nc1ccccc1)SC(C#N)C#N. The molecule has 0 unspecified atom stereocenters. The molecule has 0 aliphatic rings. The lowest BCUT2D eigenvalue weighted by molar-refractivity contribution is 1.34. The first-order valence-corrected chi connectivity index (χ1v) is 5.95. The lowest BCUT2D eigenvalue weighted by Gasteiger charge is -2.10. The van der Waals surface area contributed by atoms with Gasteiger partial charge in [-0.3, -0.25) is 0 Å². The second kappa shape index (κ2) is 7.41. The van der Waals surface area contributed by atoms with Crippen LogP contribution in [0.4, 0.5) is 5.69 Å². The lowest BCUT2D eigenvalue weighted by atomic mass is 10.3. The maximum absolute atomic E-state index is 8.88. The summed E-state index contributed by atoms with van der Waals surface area (Å²) in [5.41, 5.74) is 0.506. The van der Waals surface area contributed by atoms with E-state index >= 15 is 0 Å². The minimum atomic E-state index is -0.983. The molecule has 0 aliphatic heterocycles. The van der Waals surface area contributed by atoms with E-state index < -0.39 is 5.25 Å². The standard InChI is InChI=1S/C13H7N5S/c14-6-10(7-15)13(19-12(8-16)9-17)18-11-4-2-1-3-5-11/h1-5,12,18H. The maximum atomic E-state index is 8.88. The number of anilines is 1. The van der Waals surface area contributed by atoms with E-state index in [1.54, 1.807) is 48.5 Å². The fraction of sp³-hybridized carbons (Fsp3) is 0.0769. The van der Waals surface area contributed by atoms with Gasteiger partial charge in [0, 0.05) is 5.69 Å². The van der Waals surface area contributed by atoms with Crippen molar-refractivity contribution in [2.45, 2.75) is 5.25 Å². The van der Waals surface area contributed by atoms with E-state index in [4.69, 9.17) is 21.0 Å². The van der Waals surface area contributed by atoms with Crippen LogP contribution in [0.3, 0.4) is 0 Å². The zero-order chi connectivity index (χ0) is 14.1. The molecular weight excluding hydrogens is 258 g/mol. The molecule has 1 N–H and O–H groups in total. The predicted molar refractivity (Wildman–Crippen MR) is 70.9 cm³/mol. The molecular formula is C13H7N5S. The lowest BCUT2D eigenvalue weighted by Crippen LogP contribution is -2.04. The van der Waals surface area contributed by atoms with Crippen molar-refractivity contribution in [1.82, 2.24) is 0 Å². The van der Waals surface area contributed by atoms with Gasteiger partial charge in [0.2, 0.25) is 0 Å². The Morgan fingerprint density at radius 2 is 1.58 bits per heavy atom. The highest BCUT2D eigenvalue weighted by molar-refractivity contribution is 8.04. The summed E-state index contributed by atoms with van der Waals surface area (Å²) in [6.07, 6.45) is 0. The summed E-state index contributed by atoms with van der Waals surface area (Å²) >= 11 is 0.843. The summed E-state index contributed by atoms with van der Waals surface area (Å²) in [5.74, 6) is 0. The molecule has 1 aromatic rings. The fourth-order valence-electron chi connectivity index (χ4n) is 1.13. The topological polar surface area (TPSA) is 107 Å². The van der Waals surface area contributed by atoms with Gasteiger partial charge < -0.3 is 5.32 Å². The molecule has 0 atom stereocenters. The zero-order valence-corrected chi connectivity index (χ0v) is 10.5. The second-order valence-electron chi connectivity index (χ2n) is 3.17. The molecule has 0 bridgehead atoms. The Morgan fingerprint density at radius 3 is 2.05 bits per heavy atom. The van der Waals surface area contributed by atoms with E-state index in [0.29, 0.717) is 5.69 Å². The van der Waals surface area contributed by atoms with Gasteiger partial charge in [0.05, 0.1) is 12.1 Å². The highest BCUT2D eigenvalue weighted by atomic mass is 32.2. The Kier molecular flexibility index (Phi) is 5.51. The molecule has 0 saturated carbocycles. The summed E-state index contributed by atoms with van der Waals surface area (Å²) in [4.78, 5) is 0. The van der Waals surface area contributed by atoms with E-state index in [1.165, 1.54) is 0 Å². The third-order valence-corrected chi connectivity index (χ3v) is 2.94. The van der Waals surface area contributed by atoms with E-state index in [-0.39, 0.29) is 10.6 Å². The number of allylic oxidation sites excluding steroid dienone is 1. The van der Waals surface area contributed by atoms with Crippen molar-refractivity contribution in [3.63, 3.8) is 0 Å². The van der Waals surface area contributed by atoms with Gasteiger partial charge in [0.1, 0.15) is 17.2 Å². The Balaban J connectivity index is 3.07. The largest absolute Gasteiger partial charge is 0.348 e. The summed E-state index contributed by atoms with van der Waals surface area (Å²) in [6.45, 7) is 0. The first kappa shape index (κ1) is 14.1. The molecule has 5 nitrogen and oxygen atoms in total. The first-order valence-electron chi connectivity index (χ1n) is 5.07. The van der Waals surface area contributed by atoms with E-state index in [2.05, 4.69) is 5.32 Å². The van der Waals surface area contributed by atoms with Gasteiger partial charge in [-0.25, -0.2) is 0 Å². The van der Waals surface area contributed by atoms with Crippen LogP contribution in [0.1, 0.15) is 0 Å². The molecule has 0 radical (unpaired) electrons. The number of hydrogen-bond acceptors (Lipinski definition) is 6. The van der Waals surface area contributed by atoms with Crippen LogP contribution in [0.15, 0.2) is 40.9 Å². The first-order chi connectivity index (χ1) is 9.24. The van der Waals surface area contributed by atoms with Gasteiger partial charge in [-0.2, -0.15) is 21.0 Å². The van der Waals surface area contributed by atoms with E-state index in [9.17, 15) is 0 Å². The van der Waals surface area contributed by atoms with E-state index in [0.717, 1.165) is 11.8 Å². The summed E-state index contributed by atoms with van der Waals surface area (Å²) in [5, 5.41) is 37.4. The van der Waals surface area contributed by atoms with Gasteiger partial charge in [-0.15, -0.1) is 0 Å². The highest BCUT2D eigenvalue weighted by Crippen LogP contribution is 2.26. The molecule has 0 aliphatic carbocycles. The van der Waals surface area contributed by atoms with Gasteiger partial charge in [-0.1, -0.05) is 30.0 Å². The number of nitrogens with one attached hydrogen (secondary N) is 1. The van der Waals surface area contributed by atoms with Crippen molar-refractivity contribution in [3.8, 4) is 24.3 Å². The van der Waals surface area contributed by atoms with Gasteiger partial charge in [-0.05, 0) is 12.1 Å². The third-order valence-electron chi connectivity index (χ3n) is 1.95. The Labute approximate surface area is 115 Å². The van der Waals surface area contributed by atoms with Crippen LogP contribution in [0.2, 0.25) is 0 Å². The number of thioether (sulfide) groups is 1. The van der Waals surface area contributed by atoms with Gasteiger partial charge >= 0.3 is 0 Å². The summed E-state index contributed by atoms with van der Waals surface area (Å²) in [6, 6.07) is 15.9. The molecule has 90 valence electrons. The monoisotopic (exact) mass is 265 g/mol. The number of hydrogen-bond donors (Lipinski definition) is 1. The minimum Gasteiger partial charge on any atom is -0.348 e. The number of benzene rings is 1. The molecule has 1 aromatic carbocycles. The molecule has 0 amide bonds. The van der Waals surface area contributed by atoms with Crippen LogP contribution in [0.5, 0.6) is 0 Å². The van der Waals surface area contributed by atoms with E-state index in [1.807, 2.05) is 6.07 Å². The number of rotatable bonds is 4. The predicted octanol–water partition coefficient (Wildman–Crippen LogP) is 2.51.